The normalized spacial score (nSPS) is 16.6. The molecule has 2 amide bonds. The number of esters is 1. The number of ether oxygens (including phenoxy) is 2. The second-order valence-corrected chi connectivity index (χ2v) is 5.35. The molecule has 0 unspecified atom stereocenters. The number of rotatable bonds is 6. The lowest BCUT2D eigenvalue weighted by molar-refractivity contribution is -0.398. The predicted octanol–water partition coefficient (Wildman–Crippen LogP) is 1.26. The molecule has 0 radical (unpaired) electrons. The predicted molar refractivity (Wildman–Crippen MR) is 87.5 cm³/mol. The highest BCUT2D eigenvalue weighted by molar-refractivity contribution is 5.95. The van der Waals surface area contributed by atoms with Gasteiger partial charge in [-0.3, -0.25) is 10.1 Å². The molecular weight excluding hydrogens is 346 g/mol. The Hall–Kier alpha value is -3.30. The summed E-state index contributed by atoms with van der Waals surface area (Å²) in [6, 6.07) is 0.684. The molecule has 0 fully saturated rings. The second-order valence-electron chi connectivity index (χ2n) is 5.35. The van der Waals surface area contributed by atoms with Crippen molar-refractivity contribution < 1.29 is 29.1 Å². The van der Waals surface area contributed by atoms with Gasteiger partial charge in [-0.25, -0.2) is 9.59 Å². The number of urea groups is 1. The lowest BCUT2D eigenvalue weighted by Gasteiger charge is -2.28. The molecule has 1 aromatic carbocycles. The smallest absolute Gasteiger partial charge is 0.338 e. The summed E-state index contributed by atoms with van der Waals surface area (Å²) in [5.41, 5.74) is -0.206. The summed E-state index contributed by atoms with van der Waals surface area (Å²) in [6.45, 7) is 4.99. The Morgan fingerprint density at radius 1 is 1.31 bits per heavy atom. The molecular formula is C16H18N3O7-. The summed E-state index contributed by atoms with van der Waals surface area (Å²) in [5.74, 6) is -1.79. The Morgan fingerprint density at radius 2 is 2.00 bits per heavy atom. The van der Waals surface area contributed by atoms with Crippen LogP contribution in [0.15, 0.2) is 23.4 Å². The highest BCUT2D eigenvalue weighted by atomic mass is 16.6. The zero-order chi connectivity index (χ0) is 19.4. The van der Waals surface area contributed by atoms with Crippen LogP contribution in [-0.2, 0) is 9.53 Å². The summed E-state index contributed by atoms with van der Waals surface area (Å²) in [6.07, 6.45) is 0. The minimum atomic E-state index is -1.03. The van der Waals surface area contributed by atoms with Crippen LogP contribution in [-0.4, -0.2) is 30.1 Å². The van der Waals surface area contributed by atoms with Gasteiger partial charge in [0.1, 0.15) is 5.75 Å². The Balaban J connectivity index is 2.62. The van der Waals surface area contributed by atoms with Gasteiger partial charge in [0.15, 0.2) is 0 Å². The molecule has 1 aromatic rings. The topological polar surface area (TPSA) is 143 Å². The fraction of sp³-hybridized carbons (Fsp3) is 0.375. The maximum absolute atomic E-state index is 12.3. The number of allylic oxidation sites excluding steroid dienone is 1. The lowest BCUT2D eigenvalue weighted by atomic mass is 9.94. The lowest BCUT2D eigenvalue weighted by Crippen LogP contribution is -2.45. The summed E-state index contributed by atoms with van der Waals surface area (Å²) in [4.78, 5) is 34.5. The zero-order valence-electron chi connectivity index (χ0n) is 14.5. The van der Waals surface area contributed by atoms with E-state index in [-0.39, 0.29) is 35.8 Å². The second kappa shape index (κ2) is 7.72. The Bertz CT molecular complexity index is 788. The van der Waals surface area contributed by atoms with E-state index in [1.54, 1.807) is 13.8 Å². The molecule has 10 nitrogen and oxygen atoms in total. The maximum Gasteiger partial charge on any atom is 0.338 e. The Kier molecular flexibility index (Phi) is 5.65. The molecule has 2 rings (SSSR count). The van der Waals surface area contributed by atoms with Crippen LogP contribution in [0.4, 0.5) is 10.5 Å². The highest BCUT2D eigenvalue weighted by Crippen LogP contribution is 2.39. The number of nitrogens with one attached hydrogen (secondary N) is 2. The fourth-order valence-electron chi connectivity index (χ4n) is 2.60. The van der Waals surface area contributed by atoms with E-state index in [1.165, 1.54) is 13.0 Å². The number of carbonyl (C=O) groups excluding carboxylic acids is 2. The molecule has 0 aliphatic carbocycles. The van der Waals surface area contributed by atoms with Gasteiger partial charge in [0, 0.05) is 17.5 Å². The van der Waals surface area contributed by atoms with E-state index in [4.69, 9.17) is 9.47 Å². The minimum absolute atomic E-state index is 0.0850. The molecule has 0 spiro atoms. The minimum Gasteiger partial charge on any atom is -0.865 e. The third kappa shape index (κ3) is 3.68. The zero-order valence-corrected chi connectivity index (χ0v) is 14.5. The van der Waals surface area contributed by atoms with Crippen molar-refractivity contribution in [2.45, 2.75) is 26.8 Å². The maximum atomic E-state index is 12.3. The van der Waals surface area contributed by atoms with Crippen molar-refractivity contribution >= 4 is 17.7 Å². The number of nitro benzene ring substituents is 1. The molecule has 1 aliphatic rings. The van der Waals surface area contributed by atoms with Gasteiger partial charge in [-0.05, 0) is 32.4 Å². The van der Waals surface area contributed by atoms with Crippen molar-refractivity contribution in [1.82, 2.24) is 10.6 Å². The standard InChI is InChI=1S/C16H19N3O7/c1-4-25-11-7-9(6-10(14(11)20)19(23)24)13-12(15(21)26-5-2)8(3)17-16(22)18-13/h6-7,13,20H,4-5H2,1-3H3,(H2,17,18,22)/p-1/t13-/m1/s1. The van der Waals surface area contributed by atoms with Crippen molar-refractivity contribution in [2.75, 3.05) is 13.2 Å². The monoisotopic (exact) mass is 364 g/mol. The van der Waals surface area contributed by atoms with Crippen LogP contribution in [0.5, 0.6) is 11.5 Å². The molecule has 140 valence electrons. The van der Waals surface area contributed by atoms with Crippen molar-refractivity contribution in [2.24, 2.45) is 0 Å². The van der Waals surface area contributed by atoms with E-state index in [0.29, 0.717) is 0 Å². The number of nitro groups is 1. The van der Waals surface area contributed by atoms with Crippen LogP contribution in [0.2, 0.25) is 0 Å². The SMILES string of the molecule is CCOC(=O)C1=C(C)NC(=O)N[C@@H]1c1cc(OCC)c([O-])c([N+](=O)[O-])c1. The van der Waals surface area contributed by atoms with Crippen molar-refractivity contribution in [3.05, 3.63) is 39.1 Å². The van der Waals surface area contributed by atoms with Crippen molar-refractivity contribution in [3.63, 3.8) is 0 Å². The number of nitrogens with zero attached hydrogens (tertiary/aromatic N) is 1. The van der Waals surface area contributed by atoms with Gasteiger partial charge in [-0.15, -0.1) is 0 Å². The van der Waals surface area contributed by atoms with E-state index in [1.807, 2.05) is 0 Å². The average molecular weight is 364 g/mol. The third-order valence-corrected chi connectivity index (χ3v) is 3.65. The average Bonchev–Trinajstić information content (AvgIpc) is 2.56. The highest BCUT2D eigenvalue weighted by Gasteiger charge is 2.33. The third-order valence-electron chi connectivity index (χ3n) is 3.65. The summed E-state index contributed by atoms with van der Waals surface area (Å²) in [7, 11) is 0. The molecule has 0 saturated heterocycles. The molecule has 0 saturated carbocycles. The molecule has 1 heterocycles. The van der Waals surface area contributed by atoms with Gasteiger partial charge >= 0.3 is 12.0 Å². The van der Waals surface area contributed by atoms with Crippen LogP contribution in [0, 0.1) is 10.1 Å². The van der Waals surface area contributed by atoms with E-state index in [2.05, 4.69) is 10.6 Å². The first-order valence-corrected chi connectivity index (χ1v) is 7.87. The number of carbonyl (C=O) groups is 2. The van der Waals surface area contributed by atoms with Gasteiger partial charge < -0.3 is 25.2 Å². The number of benzene rings is 1. The molecule has 1 atom stereocenters. The summed E-state index contributed by atoms with van der Waals surface area (Å²) in [5, 5.41) is 28.3. The van der Waals surface area contributed by atoms with Crippen molar-refractivity contribution in [1.29, 1.82) is 0 Å². The van der Waals surface area contributed by atoms with E-state index >= 15 is 0 Å². The first-order chi connectivity index (χ1) is 12.3. The number of hydrogen-bond acceptors (Lipinski definition) is 7. The first-order valence-electron chi connectivity index (χ1n) is 7.87. The number of hydrogen-bond donors (Lipinski definition) is 2. The van der Waals surface area contributed by atoms with E-state index in [9.17, 15) is 24.8 Å². The molecule has 26 heavy (non-hydrogen) atoms. The van der Waals surface area contributed by atoms with Crippen molar-refractivity contribution in [3.8, 4) is 11.5 Å². The molecule has 10 heteroatoms. The Labute approximate surface area is 148 Å². The van der Waals surface area contributed by atoms with Gasteiger partial charge in [-0.1, -0.05) is 0 Å². The largest absolute Gasteiger partial charge is 0.865 e. The van der Waals surface area contributed by atoms with E-state index < -0.39 is 34.4 Å². The van der Waals surface area contributed by atoms with Gasteiger partial charge in [0.25, 0.3) is 5.69 Å². The number of amides is 2. The molecule has 0 bridgehead atoms. The molecule has 2 N–H and O–H groups in total. The molecule has 1 aliphatic heterocycles. The van der Waals surface area contributed by atoms with Crippen LogP contribution >= 0.6 is 0 Å². The summed E-state index contributed by atoms with van der Waals surface area (Å²) >= 11 is 0. The van der Waals surface area contributed by atoms with Crippen LogP contribution in [0.3, 0.4) is 0 Å². The summed E-state index contributed by atoms with van der Waals surface area (Å²) < 4.78 is 10.2. The molecule has 0 aromatic heterocycles. The quantitative estimate of drug-likeness (QED) is 0.439. The Morgan fingerprint density at radius 3 is 2.58 bits per heavy atom. The van der Waals surface area contributed by atoms with Crippen LogP contribution in [0.1, 0.15) is 32.4 Å². The van der Waals surface area contributed by atoms with Gasteiger partial charge in [0.2, 0.25) is 0 Å². The van der Waals surface area contributed by atoms with E-state index in [0.717, 1.165) is 6.07 Å². The van der Waals surface area contributed by atoms with Crippen LogP contribution in [0.25, 0.3) is 0 Å². The fourth-order valence-corrected chi connectivity index (χ4v) is 2.60. The van der Waals surface area contributed by atoms with Crippen LogP contribution < -0.4 is 20.5 Å². The van der Waals surface area contributed by atoms with Gasteiger partial charge in [-0.2, -0.15) is 0 Å². The van der Waals surface area contributed by atoms with Gasteiger partial charge in [0.05, 0.1) is 29.8 Å². The first kappa shape index (κ1) is 19.0.